The van der Waals surface area contributed by atoms with Crippen molar-refractivity contribution in [2.45, 2.75) is 12.6 Å². The summed E-state index contributed by atoms with van der Waals surface area (Å²) in [4.78, 5) is 6.91. The van der Waals surface area contributed by atoms with Gasteiger partial charge in [0.1, 0.15) is 12.0 Å². The molecule has 1 unspecified atom stereocenters. The predicted octanol–water partition coefficient (Wildman–Crippen LogP) is 2.79. The Labute approximate surface area is 130 Å². The number of rotatable bonds is 2. The van der Waals surface area contributed by atoms with Crippen LogP contribution in [0.2, 0.25) is 0 Å². The molecule has 0 fully saturated rings. The summed E-state index contributed by atoms with van der Waals surface area (Å²) in [5, 5.41) is 3.63. The van der Waals surface area contributed by atoms with Crippen molar-refractivity contribution in [2.24, 2.45) is 0 Å². The van der Waals surface area contributed by atoms with Crippen molar-refractivity contribution in [1.82, 2.24) is 14.9 Å². The van der Waals surface area contributed by atoms with E-state index < -0.39 is 0 Å². The highest BCUT2D eigenvalue weighted by Crippen LogP contribution is 2.28. The lowest BCUT2D eigenvalue weighted by Crippen LogP contribution is -2.35. The minimum atomic E-state index is 0.160. The van der Waals surface area contributed by atoms with Gasteiger partial charge in [0, 0.05) is 32.7 Å². The topological polar surface area (TPSA) is 33.1 Å². The van der Waals surface area contributed by atoms with Gasteiger partial charge < -0.3 is 9.47 Å². The van der Waals surface area contributed by atoms with E-state index in [2.05, 4.69) is 77.4 Å². The van der Waals surface area contributed by atoms with E-state index in [-0.39, 0.29) is 6.17 Å². The Balaban J connectivity index is 1.81. The third kappa shape index (κ3) is 2.07. The minimum Gasteiger partial charge on any atom is -0.378 e. The molecule has 112 valence electrons. The van der Waals surface area contributed by atoms with Crippen LogP contribution < -0.4 is 10.2 Å². The molecule has 2 heterocycles. The molecular weight excluding hydrogens is 272 g/mol. The number of anilines is 1. The molecule has 0 amide bonds. The summed E-state index contributed by atoms with van der Waals surface area (Å²) in [6, 6.07) is 17.1. The van der Waals surface area contributed by atoms with Crippen LogP contribution in [0.5, 0.6) is 0 Å². The van der Waals surface area contributed by atoms with Crippen LogP contribution in [0.3, 0.4) is 0 Å². The van der Waals surface area contributed by atoms with Crippen molar-refractivity contribution in [3.05, 3.63) is 59.9 Å². The summed E-state index contributed by atoms with van der Waals surface area (Å²) in [6.45, 7) is 0.962. The summed E-state index contributed by atoms with van der Waals surface area (Å²) in [5.74, 6) is 1.17. The van der Waals surface area contributed by atoms with Gasteiger partial charge >= 0.3 is 0 Å². The fourth-order valence-corrected chi connectivity index (χ4v) is 3.19. The van der Waals surface area contributed by atoms with E-state index in [9.17, 15) is 0 Å². The molecule has 2 aromatic carbocycles. The Kier molecular flexibility index (Phi) is 3.12. The van der Waals surface area contributed by atoms with Crippen LogP contribution in [0.25, 0.3) is 11.0 Å². The highest BCUT2D eigenvalue weighted by Gasteiger charge is 2.23. The van der Waals surface area contributed by atoms with Crippen molar-refractivity contribution < 1.29 is 0 Å². The molecule has 3 aromatic rings. The van der Waals surface area contributed by atoms with Crippen molar-refractivity contribution in [3.8, 4) is 0 Å². The first-order valence-corrected chi connectivity index (χ1v) is 7.70. The lowest BCUT2D eigenvalue weighted by atomic mass is 10.1. The van der Waals surface area contributed by atoms with Gasteiger partial charge in [-0.2, -0.15) is 0 Å². The molecule has 4 nitrogen and oxygen atoms in total. The number of benzene rings is 2. The van der Waals surface area contributed by atoms with Crippen LogP contribution in [0.15, 0.2) is 48.5 Å². The number of nitrogens with one attached hydrogen (secondary N) is 1. The SMILES string of the molecule is CN(C)c1ccc(C2NCCc3nc4ccccc4n32)cc1. The van der Waals surface area contributed by atoms with Crippen LogP contribution >= 0.6 is 0 Å². The molecule has 0 saturated carbocycles. The van der Waals surface area contributed by atoms with Crippen molar-refractivity contribution in [1.29, 1.82) is 0 Å². The first kappa shape index (κ1) is 13.3. The molecule has 0 radical (unpaired) electrons. The number of hydrogen-bond donors (Lipinski definition) is 1. The van der Waals surface area contributed by atoms with Gasteiger partial charge in [0.15, 0.2) is 0 Å². The second kappa shape index (κ2) is 5.14. The predicted molar refractivity (Wildman–Crippen MR) is 90.3 cm³/mol. The molecule has 22 heavy (non-hydrogen) atoms. The van der Waals surface area contributed by atoms with E-state index >= 15 is 0 Å². The third-order valence-corrected chi connectivity index (χ3v) is 4.34. The molecular formula is C18H20N4. The normalized spacial score (nSPS) is 17.5. The van der Waals surface area contributed by atoms with E-state index in [0.29, 0.717) is 0 Å². The molecule has 0 saturated heterocycles. The Hall–Kier alpha value is -2.33. The zero-order valence-electron chi connectivity index (χ0n) is 13.0. The molecule has 4 heteroatoms. The summed E-state index contributed by atoms with van der Waals surface area (Å²) in [7, 11) is 4.13. The fourth-order valence-electron chi connectivity index (χ4n) is 3.19. The second-order valence-corrected chi connectivity index (χ2v) is 5.98. The molecule has 1 aliphatic rings. The molecule has 1 N–H and O–H groups in total. The highest BCUT2D eigenvalue weighted by molar-refractivity contribution is 5.76. The largest absolute Gasteiger partial charge is 0.378 e. The highest BCUT2D eigenvalue weighted by atomic mass is 15.2. The number of para-hydroxylation sites is 2. The van der Waals surface area contributed by atoms with Gasteiger partial charge in [-0.25, -0.2) is 4.98 Å². The van der Waals surface area contributed by atoms with Gasteiger partial charge in [0.25, 0.3) is 0 Å². The van der Waals surface area contributed by atoms with Gasteiger partial charge in [-0.15, -0.1) is 0 Å². The van der Waals surface area contributed by atoms with E-state index in [4.69, 9.17) is 4.98 Å². The molecule has 1 aliphatic heterocycles. The summed E-state index contributed by atoms with van der Waals surface area (Å²) >= 11 is 0. The molecule has 0 aliphatic carbocycles. The smallest absolute Gasteiger partial charge is 0.112 e. The Morgan fingerprint density at radius 3 is 2.64 bits per heavy atom. The molecule has 0 bridgehead atoms. The average Bonchev–Trinajstić information content (AvgIpc) is 2.93. The van der Waals surface area contributed by atoms with E-state index in [1.54, 1.807) is 0 Å². The van der Waals surface area contributed by atoms with Crippen molar-refractivity contribution in [3.63, 3.8) is 0 Å². The quantitative estimate of drug-likeness (QED) is 0.788. The van der Waals surface area contributed by atoms with Gasteiger partial charge in [0.05, 0.1) is 11.0 Å². The lowest BCUT2D eigenvalue weighted by Gasteiger charge is -2.28. The summed E-state index contributed by atoms with van der Waals surface area (Å²) in [5.41, 5.74) is 4.77. The van der Waals surface area contributed by atoms with E-state index in [1.807, 2.05) is 0 Å². The maximum absolute atomic E-state index is 4.79. The monoisotopic (exact) mass is 292 g/mol. The minimum absolute atomic E-state index is 0.160. The standard InChI is InChI=1S/C18H20N4/c1-21(2)14-9-7-13(8-10-14)18-19-12-11-17-20-15-5-3-4-6-16(15)22(17)18/h3-10,18-19H,11-12H2,1-2H3. The number of nitrogens with zero attached hydrogens (tertiary/aromatic N) is 3. The zero-order chi connectivity index (χ0) is 15.1. The Morgan fingerprint density at radius 1 is 1.09 bits per heavy atom. The maximum Gasteiger partial charge on any atom is 0.112 e. The third-order valence-electron chi connectivity index (χ3n) is 4.34. The van der Waals surface area contributed by atoms with Crippen LogP contribution in [0.4, 0.5) is 5.69 Å². The van der Waals surface area contributed by atoms with Crippen molar-refractivity contribution in [2.75, 3.05) is 25.5 Å². The maximum atomic E-state index is 4.79. The summed E-state index contributed by atoms with van der Waals surface area (Å²) in [6.07, 6.45) is 1.13. The van der Waals surface area contributed by atoms with Crippen LogP contribution in [-0.2, 0) is 6.42 Å². The molecule has 4 rings (SSSR count). The van der Waals surface area contributed by atoms with Crippen LogP contribution in [0, 0.1) is 0 Å². The molecule has 0 spiro atoms. The van der Waals surface area contributed by atoms with Gasteiger partial charge in [-0.05, 0) is 29.8 Å². The number of fused-ring (bicyclic) bond motifs is 3. The Morgan fingerprint density at radius 2 is 1.86 bits per heavy atom. The van der Waals surface area contributed by atoms with E-state index in [0.717, 1.165) is 18.5 Å². The van der Waals surface area contributed by atoms with Crippen LogP contribution in [0.1, 0.15) is 17.6 Å². The summed E-state index contributed by atoms with van der Waals surface area (Å²) < 4.78 is 2.34. The van der Waals surface area contributed by atoms with Crippen molar-refractivity contribution >= 4 is 16.7 Å². The zero-order valence-corrected chi connectivity index (χ0v) is 13.0. The lowest BCUT2D eigenvalue weighted by molar-refractivity contribution is 0.422. The number of imidazole rings is 1. The average molecular weight is 292 g/mol. The number of aromatic nitrogens is 2. The first-order chi connectivity index (χ1) is 10.7. The second-order valence-electron chi connectivity index (χ2n) is 5.98. The first-order valence-electron chi connectivity index (χ1n) is 7.70. The van der Waals surface area contributed by atoms with Gasteiger partial charge in [-0.1, -0.05) is 24.3 Å². The van der Waals surface area contributed by atoms with Gasteiger partial charge in [0.2, 0.25) is 0 Å². The Bertz CT molecular complexity index is 802. The van der Waals surface area contributed by atoms with E-state index in [1.165, 1.54) is 22.6 Å². The van der Waals surface area contributed by atoms with Gasteiger partial charge in [-0.3, -0.25) is 5.32 Å². The van der Waals surface area contributed by atoms with Crippen LogP contribution in [-0.4, -0.2) is 30.2 Å². The fraction of sp³-hybridized carbons (Fsp3) is 0.278. The molecule has 1 atom stereocenters. The molecule has 1 aromatic heterocycles. The number of hydrogen-bond acceptors (Lipinski definition) is 3.